The van der Waals surface area contributed by atoms with Gasteiger partial charge in [-0.2, -0.15) is 5.26 Å². The van der Waals surface area contributed by atoms with E-state index in [1.165, 1.54) is 6.07 Å². The molecule has 1 aromatic carbocycles. The maximum absolute atomic E-state index is 13.6. The second-order valence-electron chi connectivity index (χ2n) is 4.01. The number of aryl methyl sites for hydroxylation is 1. The highest BCUT2D eigenvalue weighted by Gasteiger charge is 2.06. The van der Waals surface area contributed by atoms with Crippen molar-refractivity contribution in [1.82, 2.24) is 4.98 Å². The van der Waals surface area contributed by atoms with E-state index in [1.54, 1.807) is 18.2 Å². The lowest BCUT2D eigenvalue weighted by molar-refractivity contribution is 0.287. The smallest absolute Gasteiger partial charge is 0.214 e. The molecule has 0 aliphatic rings. The van der Waals surface area contributed by atoms with Gasteiger partial charge >= 0.3 is 0 Å². The fourth-order valence-corrected chi connectivity index (χ4v) is 2.09. The van der Waals surface area contributed by atoms with Gasteiger partial charge in [0.05, 0.1) is 11.6 Å². The first-order valence-electron chi connectivity index (χ1n) is 5.54. The number of ether oxygens (including phenoxy) is 1. The van der Waals surface area contributed by atoms with Gasteiger partial charge in [0.25, 0.3) is 0 Å². The molecule has 0 aliphatic carbocycles. The Hall–Kier alpha value is -1.93. The summed E-state index contributed by atoms with van der Waals surface area (Å²) < 4.78 is 19.8. The molecule has 0 N–H and O–H groups in total. The average Bonchev–Trinajstić information content (AvgIpc) is 2.36. The van der Waals surface area contributed by atoms with Crippen molar-refractivity contribution in [3.8, 4) is 11.9 Å². The largest absolute Gasteiger partial charge is 0.473 e. The molecular weight excluding hydrogens is 311 g/mol. The van der Waals surface area contributed by atoms with Gasteiger partial charge < -0.3 is 4.74 Å². The van der Waals surface area contributed by atoms with E-state index < -0.39 is 5.82 Å². The Bertz CT molecular complexity index is 632. The minimum Gasteiger partial charge on any atom is -0.473 e. The Labute approximate surface area is 118 Å². The van der Waals surface area contributed by atoms with Crippen LogP contribution in [0.5, 0.6) is 5.88 Å². The number of hydrogen-bond donors (Lipinski definition) is 0. The van der Waals surface area contributed by atoms with Crippen molar-refractivity contribution in [2.45, 2.75) is 13.5 Å². The molecule has 0 amide bonds. The molecule has 2 aromatic rings. The molecule has 3 nitrogen and oxygen atoms in total. The van der Waals surface area contributed by atoms with Gasteiger partial charge in [-0.3, -0.25) is 0 Å². The van der Waals surface area contributed by atoms with Crippen molar-refractivity contribution in [3.05, 3.63) is 57.4 Å². The van der Waals surface area contributed by atoms with Crippen LogP contribution in [0, 0.1) is 24.1 Å². The first-order chi connectivity index (χ1) is 9.08. The standard InChI is InChI=1S/C14H10BrFN2O/c1-9-4-13(15)18-14(5-9)19-8-11-3-2-10(7-17)6-12(11)16/h2-6H,8H2,1H3. The van der Waals surface area contributed by atoms with Crippen molar-refractivity contribution in [2.24, 2.45) is 0 Å². The average molecular weight is 321 g/mol. The molecule has 5 heteroatoms. The summed E-state index contributed by atoms with van der Waals surface area (Å²) in [6.45, 7) is 1.99. The Morgan fingerprint density at radius 2 is 2.16 bits per heavy atom. The highest BCUT2D eigenvalue weighted by molar-refractivity contribution is 9.10. The molecule has 96 valence electrons. The zero-order chi connectivity index (χ0) is 13.8. The Kier molecular flexibility index (Phi) is 4.13. The molecule has 19 heavy (non-hydrogen) atoms. The first-order valence-corrected chi connectivity index (χ1v) is 6.33. The molecule has 2 rings (SSSR count). The summed E-state index contributed by atoms with van der Waals surface area (Å²) in [6, 6.07) is 9.80. The van der Waals surface area contributed by atoms with Crippen LogP contribution < -0.4 is 4.74 Å². The number of aromatic nitrogens is 1. The first kappa shape index (κ1) is 13.5. The van der Waals surface area contributed by atoms with Crippen molar-refractivity contribution in [2.75, 3.05) is 0 Å². The second-order valence-corrected chi connectivity index (χ2v) is 4.82. The van der Waals surface area contributed by atoms with Crippen LogP contribution in [0.2, 0.25) is 0 Å². The third-order valence-electron chi connectivity index (χ3n) is 2.47. The molecule has 0 spiro atoms. The van der Waals surface area contributed by atoms with Crippen molar-refractivity contribution in [1.29, 1.82) is 5.26 Å². The second kappa shape index (κ2) is 5.81. The van der Waals surface area contributed by atoms with Crippen molar-refractivity contribution < 1.29 is 9.13 Å². The summed E-state index contributed by atoms with van der Waals surface area (Å²) in [5, 5.41) is 8.66. The molecule has 0 radical (unpaired) electrons. The molecule has 0 unspecified atom stereocenters. The van der Waals surface area contributed by atoms with Gasteiger partial charge in [-0.1, -0.05) is 6.07 Å². The number of benzene rings is 1. The summed E-state index contributed by atoms with van der Waals surface area (Å²) in [6.07, 6.45) is 0. The molecule has 0 saturated heterocycles. The van der Waals surface area contributed by atoms with Crippen LogP contribution in [-0.4, -0.2) is 4.98 Å². The van der Waals surface area contributed by atoms with E-state index >= 15 is 0 Å². The quantitative estimate of drug-likeness (QED) is 0.809. The summed E-state index contributed by atoms with van der Waals surface area (Å²) in [5.74, 6) is -0.0265. The fourth-order valence-electron chi connectivity index (χ4n) is 1.55. The van der Waals surface area contributed by atoms with E-state index in [4.69, 9.17) is 10.00 Å². The number of halogens is 2. The van der Waals surface area contributed by atoms with Gasteiger partial charge in [0.2, 0.25) is 5.88 Å². The van der Waals surface area contributed by atoms with E-state index in [1.807, 2.05) is 19.1 Å². The third-order valence-corrected chi connectivity index (χ3v) is 2.88. The molecule has 0 atom stereocenters. The summed E-state index contributed by atoms with van der Waals surface area (Å²) in [4.78, 5) is 4.13. The third kappa shape index (κ3) is 3.52. The minimum absolute atomic E-state index is 0.0699. The maximum Gasteiger partial charge on any atom is 0.214 e. The normalized spacial score (nSPS) is 10.0. The van der Waals surface area contributed by atoms with Crippen LogP contribution in [-0.2, 0) is 6.61 Å². The highest BCUT2D eigenvalue weighted by atomic mass is 79.9. The zero-order valence-electron chi connectivity index (χ0n) is 10.2. The van der Waals surface area contributed by atoms with E-state index in [0.29, 0.717) is 16.0 Å². The van der Waals surface area contributed by atoms with Crippen LogP contribution in [0.4, 0.5) is 4.39 Å². The van der Waals surface area contributed by atoms with Crippen LogP contribution >= 0.6 is 15.9 Å². The van der Waals surface area contributed by atoms with Gasteiger partial charge in [-0.25, -0.2) is 9.37 Å². The topological polar surface area (TPSA) is 45.9 Å². The Morgan fingerprint density at radius 3 is 2.79 bits per heavy atom. The van der Waals surface area contributed by atoms with E-state index in [-0.39, 0.29) is 12.2 Å². The minimum atomic E-state index is -0.453. The monoisotopic (exact) mass is 320 g/mol. The Morgan fingerprint density at radius 1 is 1.37 bits per heavy atom. The lowest BCUT2D eigenvalue weighted by atomic mass is 10.1. The molecule has 0 bridgehead atoms. The lowest BCUT2D eigenvalue weighted by Gasteiger charge is -2.07. The zero-order valence-corrected chi connectivity index (χ0v) is 11.7. The molecule has 1 aromatic heterocycles. The molecule has 1 heterocycles. The fraction of sp³-hybridized carbons (Fsp3) is 0.143. The summed E-state index contributed by atoms with van der Waals surface area (Å²) in [7, 11) is 0. The molecule has 0 fully saturated rings. The predicted molar refractivity (Wildman–Crippen MR) is 72.1 cm³/mol. The van der Waals surface area contributed by atoms with Gasteiger partial charge in [0, 0.05) is 11.6 Å². The number of nitrogens with zero attached hydrogens (tertiary/aromatic N) is 2. The van der Waals surface area contributed by atoms with Crippen LogP contribution in [0.3, 0.4) is 0 Å². The summed E-state index contributed by atoms with van der Waals surface area (Å²) in [5.41, 5.74) is 1.67. The molecular formula is C14H10BrFN2O. The van der Waals surface area contributed by atoms with Crippen molar-refractivity contribution >= 4 is 15.9 Å². The highest BCUT2D eigenvalue weighted by Crippen LogP contribution is 2.18. The van der Waals surface area contributed by atoms with Crippen LogP contribution in [0.25, 0.3) is 0 Å². The SMILES string of the molecule is Cc1cc(Br)nc(OCc2ccc(C#N)cc2F)c1. The number of pyridine rings is 1. The van der Waals surface area contributed by atoms with Crippen LogP contribution in [0.1, 0.15) is 16.7 Å². The molecule has 0 saturated carbocycles. The maximum atomic E-state index is 13.6. The van der Waals surface area contributed by atoms with Crippen molar-refractivity contribution in [3.63, 3.8) is 0 Å². The predicted octanol–water partition coefficient (Wildman–Crippen LogP) is 3.74. The van der Waals surface area contributed by atoms with Gasteiger partial charge in [-0.05, 0) is 46.6 Å². The van der Waals surface area contributed by atoms with Gasteiger partial charge in [-0.15, -0.1) is 0 Å². The van der Waals surface area contributed by atoms with Crippen LogP contribution in [0.15, 0.2) is 34.9 Å². The van der Waals surface area contributed by atoms with E-state index in [2.05, 4.69) is 20.9 Å². The van der Waals surface area contributed by atoms with E-state index in [9.17, 15) is 4.39 Å². The van der Waals surface area contributed by atoms with Gasteiger partial charge in [0.15, 0.2) is 0 Å². The number of hydrogen-bond acceptors (Lipinski definition) is 3. The molecule has 0 aliphatic heterocycles. The van der Waals surface area contributed by atoms with Gasteiger partial charge in [0.1, 0.15) is 17.0 Å². The number of nitriles is 1. The Balaban J connectivity index is 2.12. The van der Waals surface area contributed by atoms with E-state index in [0.717, 1.165) is 5.56 Å². The lowest BCUT2D eigenvalue weighted by Crippen LogP contribution is -2.00. The number of rotatable bonds is 3. The summed E-state index contributed by atoms with van der Waals surface area (Å²) >= 11 is 3.27.